The first-order chi connectivity index (χ1) is 8.78. The summed E-state index contributed by atoms with van der Waals surface area (Å²) >= 11 is 0. The Hall–Kier alpha value is -1.39. The van der Waals surface area contributed by atoms with Crippen LogP contribution in [-0.2, 0) is 16.1 Å². The molecule has 0 spiro atoms. The maximum absolute atomic E-state index is 11.5. The van der Waals surface area contributed by atoms with Crippen LogP contribution in [0.3, 0.4) is 0 Å². The Bertz CT molecular complexity index is 385. The molecule has 1 aromatic carbocycles. The second-order valence-corrected chi connectivity index (χ2v) is 4.64. The number of carbonyl (C=O) groups excluding carboxylic acids is 1. The molecule has 18 heavy (non-hydrogen) atoms. The second-order valence-electron chi connectivity index (χ2n) is 4.64. The molecular weight excluding hydrogens is 228 g/mol. The average Bonchev–Trinajstić information content (AvgIpc) is 3.20. The van der Waals surface area contributed by atoms with E-state index in [-0.39, 0.29) is 5.91 Å². The first kappa shape index (κ1) is 13.1. The Kier molecular flexibility index (Phi) is 4.73. The van der Waals surface area contributed by atoms with E-state index < -0.39 is 0 Å². The minimum absolute atomic E-state index is 0.0132. The molecule has 1 amide bonds. The number of anilines is 1. The number of methoxy groups -OCH3 is 1. The van der Waals surface area contributed by atoms with Crippen molar-refractivity contribution in [2.45, 2.75) is 31.8 Å². The molecule has 1 saturated carbocycles. The van der Waals surface area contributed by atoms with Crippen LogP contribution in [0.4, 0.5) is 5.69 Å². The highest BCUT2D eigenvalue weighted by molar-refractivity contribution is 5.90. The third-order valence-corrected chi connectivity index (χ3v) is 2.94. The highest BCUT2D eigenvalue weighted by atomic mass is 16.5. The van der Waals surface area contributed by atoms with Crippen LogP contribution in [0.1, 0.15) is 24.8 Å². The van der Waals surface area contributed by atoms with Crippen molar-refractivity contribution in [2.24, 2.45) is 0 Å². The van der Waals surface area contributed by atoms with Gasteiger partial charge in [0.1, 0.15) is 0 Å². The zero-order chi connectivity index (χ0) is 12.8. The predicted molar refractivity (Wildman–Crippen MR) is 71.4 cm³/mol. The number of hydrogen-bond donors (Lipinski definition) is 2. The third-order valence-electron chi connectivity index (χ3n) is 2.94. The highest BCUT2D eigenvalue weighted by Crippen LogP contribution is 2.19. The maximum atomic E-state index is 11.5. The van der Waals surface area contributed by atoms with Gasteiger partial charge in [0.25, 0.3) is 0 Å². The van der Waals surface area contributed by atoms with Gasteiger partial charge in [0.05, 0.1) is 13.0 Å². The van der Waals surface area contributed by atoms with E-state index in [9.17, 15) is 4.79 Å². The lowest BCUT2D eigenvalue weighted by molar-refractivity contribution is -0.117. The van der Waals surface area contributed by atoms with Crippen molar-refractivity contribution in [3.8, 4) is 0 Å². The molecule has 98 valence electrons. The smallest absolute Gasteiger partial charge is 0.226 e. The van der Waals surface area contributed by atoms with Crippen LogP contribution in [0.15, 0.2) is 24.3 Å². The molecule has 1 aromatic rings. The summed E-state index contributed by atoms with van der Waals surface area (Å²) in [6, 6.07) is 8.68. The van der Waals surface area contributed by atoms with Gasteiger partial charge in [-0.15, -0.1) is 0 Å². The van der Waals surface area contributed by atoms with E-state index in [4.69, 9.17) is 4.74 Å². The van der Waals surface area contributed by atoms with E-state index in [1.165, 1.54) is 18.4 Å². The number of hydrogen-bond acceptors (Lipinski definition) is 3. The summed E-state index contributed by atoms with van der Waals surface area (Å²) < 4.78 is 4.86. The van der Waals surface area contributed by atoms with Crippen LogP contribution in [0.25, 0.3) is 0 Å². The Morgan fingerprint density at radius 2 is 2.06 bits per heavy atom. The zero-order valence-electron chi connectivity index (χ0n) is 10.7. The molecule has 1 aliphatic rings. The molecule has 1 fully saturated rings. The standard InChI is InChI=1S/C14H20N2O2/c1-18-9-8-14(17)16-13-4-2-11(3-5-13)10-15-12-6-7-12/h2-5,12,15H,6-10H2,1H3,(H,16,17). The molecule has 0 unspecified atom stereocenters. The quantitative estimate of drug-likeness (QED) is 0.775. The summed E-state index contributed by atoms with van der Waals surface area (Å²) in [5, 5.41) is 6.30. The van der Waals surface area contributed by atoms with E-state index in [2.05, 4.69) is 10.6 Å². The van der Waals surface area contributed by atoms with E-state index >= 15 is 0 Å². The summed E-state index contributed by atoms with van der Waals surface area (Å²) in [6.45, 7) is 1.36. The lowest BCUT2D eigenvalue weighted by atomic mass is 10.2. The van der Waals surface area contributed by atoms with Gasteiger partial charge in [-0.1, -0.05) is 12.1 Å². The fourth-order valence-electron chi connectivity index (χ4n) is 1.67. The van der Waals surface area contributed by atoms with Gasteiger partial charge in [-0.3, -0.25) is 4.79 Å². The van der Waals surface area contributed by atoms with Crippen molar-refractivity contribution in [1.29, 1.82) is 0 Å². The molecule has 0 aromatic heterocycles. The largest absolute Gasteiger partial charge is 0.384 e. The highest BCUT2D eigenvalue weighted by Gasteiger charge is 2.19. The minimum atomic E-state index is -0.0132. The molecule has 4 heteroatoms. The summed E-state index contributed by atoms with van der Waals surface area (Å²) in [7, 11) is 1.59. The molecule has 0 atom stereocenters. The number of amides is 1. The van der Waals surface area contributed by atoms with Gasteiger partial charge >= 0.3 is 0 Å². The predicted octanol–water partition coefficient (Wildman–Crippen LogP) is 1.91. The Balaban J connectivity index is 1.77. The maximum Gasteiger partial charge on any atom is 0.226 e. The normalized spacial score (nSPS) is 14.5. The Morgan fingerprint density at radius 3 is 2.67 bits per heavy atom. The van der Waals surface area contributed by atoms with Gasteiger partial charge in [-0.2, -0.15) is 0 Å². The second kappa shape index (κ2) is 6.52. The van der Waals surface area contributed by atoms with Gasteiger partial charge in [-0.05, 0) is 30.5 Å². The first-order valence-corrected chi connectivity index (χ1v) is 6.39. The van der Waals surface area contributed by atoms with Crippen LogP contribution in [-0.4, -0.2) is 25.7 Å². The molecular formula is C14H20N2O2. The van der Waals surface area contributed by atoms with Crippen LogP contribution in [0, 0.1) is 0 Å². The summed E-state index contributed by atoms with van der Waals surface area (Å²) in [4.78, 5) is 11.5. The van der Waals surface area contributed by atoms with E-state index in [0.29, 0.717) is 13.0 Å². The fraction of sp³-hybridized carbons (Fsp3) is 0.500. The Labute approximate surface area is 108 Å². The van der Waals surface area contributed by atoms with Crippen molar-refractivity contribution in [2.75, 3.05) is 19.0 Å². The molecule has 1 aliphatic carbocycles. The van der Waals surface area contributed by atoms with Crippen LogP contribution < -0.4 is 10.6 Å². The number of rotatable bonds is 7. The van der Waals surface area contributed by atoms with Crippen molar-refractivity contribution in [3.63, 3.8) is 0 Å². The van der Waals surface area contributed by atoms with Crippen molar-refractivity contribution >= 4 is 11.6 Å². The topological polar surface area (TPSA) is 50.4 Å². The SMILES string of the molecule is COCCC(=O)Nc1ccc(CNC2CC2)cc1. The molecule has 0 heterocycles. The number of benzene rings is 1. The molecule has 2 N–H and O–H groups in total. The fourth-order valence-corrected chi connectivity index (χ4v) is 1.67. The lowest BCUT2D eigenvalue weighted by Crippen LogP contribution is -2.15. The van der Waals surface area contributed by atoms with Crippen LogP contribution in [0.5, 0.6) is 0 Å². The van der Waals surface area contributed by atoms with E-state index in [0.717, 1.165) is 18.3 Å². The molecule has 0 saturated heterocycles. The van der Waals surface area contributed by atoms with Crippen molar-refractivity contribution < 1.29 is 9.53 Å². The molecule has 0 aliphatic heterocycles. The van der Waals surface area contributed by atoms with Gasteiger partial charge in [0.15, 0.2) is 0 Å². The average molecular weight is 248 g/mol. The molecule has 4 nitrogen and oxygen atoms in total. The molecule has 0 bridgehead atoms. The monoisotopic (exact) mass is 248 g/mol. The number of carbonyl (C=O) groups is 1. The number of ether oxygens (including phenoxy) is 1. The van der Waals surface area contributed by atoms with E-state index in [1.54, 1.807) is 7.11 Å². The van der Waals surface area contributed by atoms with E-state index in [1.807, 2.05) is 24.3 Å². The lowest BCUT2D eigenvalue weighted by Gasteiger charge is -2.07. The van der Waals surface area contributed by atoms with Crippen LogP contribution >= 0.6 is 0 Å². The van der Waals surface area contributed by atoms with Gasteiger partial charge in [0, 0.05) is 25.4 Å². The van der Waals surface area contributed by atoms with Crippen LogP contribution in [0.2, 0.25) is 0 Å². The van der Waals surface area contributed by atoms with Crippen molar-refractivity contribution in [1.82, 2.24) is 5.32 Å². The zero-order valence-corrected chi connectivity index (χ0v) is 10.7. The van der Waals surface area contributed by atoms with Gasteiger partial charge in [0.2, 0.25) is 5.91 Å². The minimum Gasteiger partial charge on any atom is -0.384 e. The van der Waals surface area contributed by atoms with Crippen molar-refractivity contribution in [3.05, 3.63) is 29.8 Å². The summed E-state index contributed by atoms with van der Waals surface area (Å²) in [5.74, 6) is -0.0132. The molecule has 0 radical (unpaired) electrons. The van der Waals surface area contributed by atoms with Gasteiger partial charge < -0.3 is 15.4 Å². The summed E-state index contributed by atoms with van der Waals surface area (Å²) in [5.41, 5.74) is 2.09. The first-order valence-electron chi connectivity index (χ1n) is 6.39. The Morgan fingerprint density at radius 1 is 1.33 bits per heavy atom. The molecule has 2 rings (SSSR count). The number of nitrogens with one attached hydrogen (secondary N) is 2. The third kappa shape index (κ3) is 4.47. The summed E-state index contributed by atoms with van der Waals surface area (Å²) in [6.07, 6.45) is 2.99. The van der Waals surface area contributed by atoms with Gasteiger partial charge in [-0.25, -0.2) is 0 Å².